The van der Waals surface area contributed by atoms with Crippen LogP contribution < -0.4 is 11.1 Å². The molecular weight excluding hydrogens is 476 g/mol. The highest BCUT2D eigenvalue weighted by atomic mass is 16.7. The van der Waals surface area contributed by atoms with Gasteiger partial charge in [0.1, 0.15) is 23.7 Å². The summed E-state index contributed by atoms with van der Waals surface area (Å²) in [6.07, 6.45) is 5.25. The first-order valence-corrected chi connectivity index (χ1v) is 14.6. The number of ketones is 1. The largest absolute Gasteiger partial charge is 0.457 e. The lowest BCUT2D eigenvalue weighted by molar-refractivity contribution is -0.699. The van der Waals surface area contributed by atoms with Gasteiger partial charge in [-0.3, -0.25) is 10.5 Å². The molecule has 9 nitrogen and oxygen atoms in total. The summed E-state index contributed by atoms with van der Waals surface area (Å²) < 4.78 is 25.0. The minimum Gasteiger partial charge on any atom is -0.457 e. The van der Waals surface area contributed by atoms with Crippen LogP contribution in [-0.2, 0) is 28.5 Å². The van der Waals surface area contributed by atoms with E-state index in [1.54, 1.807) is 0 Å². The molecule has 6 aliphatic rings. The minimum atomic E-state index is -0.858. The van der Waals surface area contributed by atoms with E-state index >= 15 is 0 Å². The van der Waals surface area contributed by atoms with E-state index in [0.29, 0.717) is 25.2 Å². The number of ether oxygens (including phenoxy) is 4. The highest BCUT2D eigenvalue weighted by Gasteiger charge is 2.67. The summed E-state index contributed by atoms with van der Waals surface area (Å²) in [5, 5.41) is 13.7. The molecule has 5 aliphatic heterocycles. The van der Waals surface area contributed by atoms with Gasteiger partial charge in [-0.1, -0.05) is 0 Å². The normalized spacial score (nSPS) is 51.2. The molecule has 1 saturated carbocycles. The lowest BCUT2D eigenvalue weighted by Crippen LogP contribution is -2.94. The van der Waals surface area contributed by atoms with E-state index in [4.69, 9.17) is 24.7 Å². The highest BCUT2D eigenvalue weighted by molar-refractivity contribution is 5.84. The molecule has 9 heteroatoms. The van der Waals surface area contributed by atoms with Crippen LogP contribution in [0.4, 0.5) is 0 Å². The van der Waals surface area contributed by atoms with E-state index in [1.807, 2.05) is 20.8 Å². The molecule has 0 radical (unpaired) electrons. The van der Waals surface area contributed by atoms with Gasteiger partial charge in [-0.2, -0.15) is 0 Å². The van der Waals surface area contributed by atoms with Crippen molar-refractivity contribution in [3.8, 4) is 0 Å². The molecule has 12 unspecified atom stereocenters. The molecule has 0 aromatic heterocycles. The Kier molecular flexibility index (Phi) is 6.73. The maximum Gasteiger partial charge on any atom is 0.341 e. The van der Waals surface area contributed by atoms with Crippen molar-refractivity contribution in [2.75, 3.05) is 6.54 Å². The van der Waals surface area contributed by atoms with Crippen LogP contribution in [0.1, 0.15) is 78.6 Å². The lowest BCUT2D eigenvalue weighted by Gasteiger charge is -2.57. The van der Waals surface area contributed by atoms with Gasteiger partial charge >= 0.3 is 5.97 Å². The fraction of sp³-hybridized carbons (Fsp3) is 0.929. The number of fused-ring (bicyclic) bond motifs is 4. The lowest BCUT2D eigenvalue weighted by atomic mass is 9.61. The van der Waals surface area contributed by atoms with Crippen molar-refractivity contribution in [2.45, 2.75) is 133 Å². The first-order chi connectivity index (χ1) is 17.6. The second-order valence-electron chi connectivity index (χ2n) is 13.3. The first kappa shape index (κ1) is 26.1. The van der Waals surface area contributed by atoms with Crippen LogP contribution >= 0.6 is 0 Å². The summed E-state index contributed by atoms with van der Waals surface area (Å²) in [5.41, 5.74) is 4.56. The van der Waals surface area contributed by atoms with Gasteiger partial charge in [-0.25, -0.2) is 4.79 Å². The number of hydrogen-bond acceptors (Lipinski definition) is 8. The van der Waals surface area contributed by atoms with Crippen LogP contribution in [0.15, 0.2) is 0 Å². The van der Waals surface area contributed by atoms with Crippen molar-refractivity contribution in [1.82, 2.24) is 0 Å². The van der Waals surface area contributed by atoms with Crippen molar-refractivity contribution in [1.29, 1.82) is 0 Å². The number of aliphatic hydroxyl groups is 1. The highest BCUT2D eigenvalue weighted by Crippen LogP contribution is 2.54. The zero-order valence-electron chi connectivity index (χ0n) is 22.5. The van der Waals surface area contributed by atoms with E-state index in [9.17, 15) is 14.7 Å². The third-order valence-corrected chi connectivity index (χ3v) is 10.3. The molecule has 1 spiro atoms. The second kappa shape index (κ2) is 9.52. The summed E-state index contributed by atoms with van der Waals surface area (Å²) >= 11 is 0. The van der Waals surface area contributed by atoms with Crippen molar-refractivity contribution in [3.05, 3.63) is 0 Å². The molecule has 0 aromatic carbocycles. The van der Waals surface area contributed by atoms with Gasteiger partial charge in [0.25, 0.3) is 0 Å². The van der Waals surface area contributed by atoms with Gasteiger partial charge in [0, 0.05) is 31.1 Å². The van der Waals surface area contributed by atoms with Gasteiger partial charge in [0.05, 0.1) is 43.0 Å². The maximum absolute atomic E-state index is 13.6. The van der Waals surface area contributed by atoms with Crippen molar-refractivity contribution in [2.24, 2.45) is 29.4 Å². The van der Waals surface area contributed by atoms with E-state index in [1.165, 1.54) is 0 Å². The number of carbonyl (C=O) groups excluding carboxylic acids is 2. The summed E-state index contributed by atoms with van der Waals surface area (Å²) in [4.78, 5) is 26.5. The number of quaternary nitrogens is 1. The van der Waals surface area contributed by atoms with Crippen molar-refractivity contribution in [3.63, 3.8) is 0 Å². The number of piperidine rings is 1. The number of nitrogens with two attached hydrogens (primary N) is 2. The van der Waals surface area contributed by atoms with Gasteiger partial charge < -0.3 is 29.4 Å². The predicted molar refractivity (Wildman–Crippen MR) is 132 cm³/mol. The Balaban J connectivity index is 1.16. The Morgan fingerprint density at radius 2 is 1.92 bits per heavy atom. The number of Topliss-reactive ketones (excluding diaryl/α,β-unsaturated/α-hetero) is 1. The SMILES string of the molecule is CC1CC(=O)C2C(CC3OC(C)(C)C4OC(=O)C5(CCCC4C3C2O)OC5CCC2CC[NH2+]C(N)C2)O1. The molecule has 6 rings (SSSR count). The third kappa shape index (κ3) is 4.57. The second-order valence-corrected chi connectivity index (χ2v) is 13.3. The molecule has 0 amide bonds. The van der Waals surface area contributed by atoms with Crippen LogP contribution in [-0.4, -0.2) is 77.4 Å². The Morgan fingerprint density at radius 1 is 1.11 bits per heavy atom. The van der Waals surface area contributed by atoms with Gasteiger partial charge in [0.15, 0.2) is 5.60 Å². The van der Waals surface area contributed by atoms with E-state index in [0.717, 1.165) is 45.1 Å². The molecule has 208 valence electrons. The van der Waals surface area contributed by atoms with Crippen LogP contribution in [0.2, 0.25) is 0 Å². The predicted octanol–water partition coefficient (Wildman–Crippen LogP) is 0.795. The first-order valence-electron chi connectivity index (χ1n) is 14.6. The van der Waals surface area contributed by atoms with Gasteiger partial charge in [0.2, 0.25) is 0 Å². The topological polar surface area (TPSA) is 137 Å². The Labute approximate surface area is 219 Å². The molecule has 0 bridgehead atoms. The Bertz CT molecular complexity index is 913. The maximum atomic E-state index is 13.6. The molecule has 5 N–H and O–H groups in total. The average Bonchev–Trinajstić information content (AvgIpc) is 3.52. The fourth-order valence-corrected chi connectivity index (χ4v) is 8.54. The van der Waals surface area contributed by atoms with E-state index in [2.05, 4.69) is 5.32 Å². The summed E-state index contributed by atoms with van der Waals surface area (Å²) in [6, 6.07) is 0. The van der Waals surface area contributed by atoms with Crippen LogP contribution in [0.3, 0.4) is 0 Å². The Morgan fingerprint density at radius 3 is 2.70 bits per heavy atom. The molecule has 0 aromatic rings. The van der Waals surface area contributed by atoms with E-state index in [-0.39, 0.29) is 54.2 Å². The van der Waals surface area contributed by atoms with Crippen LogP contribution in [0, 0.1) is 23.7 Å². The average molecular weight is 522 g/mol. The zero-order chi connectivity index (χ0) is 26.1. The summed E-state index contributed by atoms with van der Waals surface area (Å²) in [5.74, 6) is -0.490. The molecule has 5 heterocycles. The summed E-state index contributed by atoms with van der Waals surface area (Å²) in [6.45, 7) is 6.93. The quantitative estimate of drug-likeness (QED) is 0.366. The zero-order valence-corrected chi connectivity index (χ0v) is 22.5. The molecule has 5 saturated heterocycles. The smallest absolute Gasteiger partial charge is 0.341 e. The van der Waals surface area contributed by atoms with Crippen LogP contribution in [0.5, 0.6) is 0 Å². The van der Waals surface area contributed by atoms with Gasteiger partial charge in [-0.05, 0) is 65.2 Å². The number of hydrogen-bond donors (Lipinski definition) is 3. The number of carbonyl (C=O) groups is 2. The number of esters is 1. The molecule has 12 atom stereocenters. The number of rotatable bonds is 3. The van der Waals surface area contributed by atoms with Crippen LogP contribution in [0.25, 0.3) is 0 Å². The molecular formula is C28H45N2O7+. The standard InChI is InChI=1S/C28H44N2O7/c1-14-11-17(31)23-18(34-14)13-19-22(24(23)32)16-5-4-9-28(26(33)35-25(16)27(2,3)36-19)20(37-28)7-6-15-8-10-30-21(29)12-15/h14-16,18-25,30,32H,4-13,29H2,1-3H3/p+1. The van der Waals surface area contributed by atoms with E-state index < -0.39 is 29.3 Å². The van der Waals surface area contributed by atoms with Crippen molar-refractivity contribution < 1.29 is 39.0 Å². The molecule has 1 aliphatic carbocycles. The minimum absolute atomic E-state index is 0.0731. The fourth-order valence-electron chi connectivity index (χ4n) is 8.54. The molecule has 6 fully saturated rings. The third-order valence-electron chi connectivity index (χ3n) is 10.3. The monoisotopic (exact) mass is 521 g/mol. The van der Waals surface area contributed by atoms with Crippen molar-refractivity contribution >= 4 is 11.8 Å². The number of aliphatic hydroxyl groups excluding tert-OH is 1. The Hall–Kier alpha value is -1.10. The molecule has 37 heavy (non-hydrogen) atoms. The number of epoxide rings is 1. The van der Waals surface area contributed by atoms with Gasteiger partial charge in [-0.15, -0.1) is 0 Å². The summed E-state index contributed by atoms with van der Waals surface area (Å²) in [7, 11) is 0.